The molecule has 134 valence electrons. The summed E-state index contributed by atoms with van der Waals surface area (Å²) in [4.78, 5) is 0. The van der Waals surface area contributed by atoms with Gasteiger partial charge in [0, 0.05) is 12.7 Å². The molecule has 0 amide bonds. The second kappa shape index (κ2) is 8.62. The van der Waals surface area contributed by atoms with Gasteiger partial charge in [0.2, 0.25) is 6.79 Å². The summed E-state index contributed by atoms with van der Waals surface area (Å²) in [7, 11) is 1.89. The van der Waals surface area contributed by atoms with Crippen LogP contribution < -0.4 is 19.5 Å². The average Bonchev–Trinajstić information content (AvgIpc) is 3.45. The lowest BCUT2D eigenvalue weighted by Gasteiger charge is -2.12. The van der Waals surface area contributed by atoms with E-state index in [1.807, 2.05) is 56.4 Å². The lowest BCUT2D eigenvalue weighted by atomic mass is 10.2. The molecule has 1 fully saturated rings. The van der Waals surface area contributed by atoms with Crippen molar-refractivity contribution in [3.05, 3.63) is 48.0 Å². The van der Waals surface area contributed by atoms with Crippen LogP contribution in [-0.2, 0) is 4.74 Å². The molecule has 0 saturated carbocycles. The molecule has 0 aromatic heterocycles. The Hall–Kier alpha value is -2.40. The molecule has 1 aliphatic rings. The van der Waals surface area contributed by atoms with Gasteiger partial charge in [-0.1, -0.05) is 0 Å². The van der Waals surface area contributed by atoms with Crippen LogP contribution >= 0.6 is 0 Å². The Labute approximate surface area is 148 Å². The first-order valence-corrected chi connectivity index (χ1v) is 8.63. The Morgan fingerprint density at radius 3 is 2.44 bits per heavy atom. The monoisotopic (exact) mass is 343 g/mol. The summed E-state index contributed by atoms with van der Waals surface area (Å²) in [5.41, 5.74) is 2.10. The van der Waals surface area contributed by atoms with Gasteiger partial charge < -0.3 is 24.3 Å². The number of hydrogen-bond acceptors (Lipinski definition) is 5. The van der Waals surface area contributed by atoms with Crippen LogP contribution in [0.15, 0.2) is 42.5 Å². The molecule has 5 nitrogen and oxygen atoms in total. The van der Waals surface area contributed by atoms with Crippen molar-refractivity contribution >= 4 is 5.69 Å². The summed E-state index contributed by atoms with van der Waals surface area (Å²) < 4.78 is 22.3. The van der Waals surface area contributed by atoms with Crippen molar-refractivity contribution in [2.45, 2.75) is 25.9 Å². The number of benzene rings is 2. The van der Waals surface area contributed by atoms with E-state index in [1.54, 1.807) is 0 Å². The van der Waals surface area contributed by atoms with E-state index >= 15 is 0 Å². The molecule has 0 spiro atoms. The predicted molar refractivity (Wildman–Crippen MR) is 97.8 cm³/mol. The van der Waals surface area contributed by atoms with Gasteiger partial charge in [0.25, 0.3) is 0 Å². The first kappa shape index (κ1) is 17.4. The van der Waals surface area contributed by atoms with Gasteiger partial charge in [0.15, 0.2) is 0 Å². The molecular formula is C20H25NO4. The lowest BCUT2D eigenvalue weighted by Crippen LogP contribution is -2.06. The van der Waals surface area contributed by atoms with E-state index in [0.717, 1.165) is 47.9 Å². The summed E-state index contributed by atoms with van der Waals surface area (Å²) >= 11 is 0. The molecule has 0 aliphatic carbocycles. The van der Waals surface area contributed by atoms with Crippen molar-refractivity contribution in [3.63, 3.8) is 0 Å². The van der Waals surface area contributed by atoms with Crippen LogP contribution in [0.1, 0.15) is 18.4 Å². The molecule has 2 aromatic rings. The highest BCUT2D eigenvalue weighted by Crippen LogP contribution is 2.24. The van der Waals surface area contributed by atoms with Crippen LogP contribution in [0.3, 0.4) is 0 Å². The summed E-state index contributed by atoms with van der Waals surface area (Å²) in [6, 6.07) is 13.5. The number of anilines is 1. The SMILES string of the molecule is CNc1ccc(OCOc2ccc(OCCCC3CO3)c(C)c2)cc1. The fourth-order valence-corrected chi connectivity index (χ4v) is 2.48. The Bertz CT molecular complexity index is 668. The lowest BCUT2D eigenvalue weighted by molar-refractivity contribution is 0.119. The van der Waals surface area contributed by atoms with Crippen LogP contribution in [0, 0.1) is 6.92 Å². The molecule has 2 aromatic carbocycles. The first-order valence-electron chi connectivity index (χ1n) is 8.63. The smallest absolute Gasteiger partial charge is 0.230 e. The second-order valence-electron chi connectivity index (χ2n) is 6.05. The number of epoxide rings is 1. The maximum absolute atomic E-state index is 5.82. The zero-order valence-corrected chi connectivity index (χ0v) is 14.8. The molecular weight excluding hydrogens is 318 g/mol. The molecule has 1 heterocycles. The maximum atomic E-state index is 5.82. The van der Waals surface area contributed by atoms with E-state index in [1.165, 1.54) is 0 Å². The summed E-state index contributed by atoms with van der Waals surface area (Å²) in [5, 5.41) is 3.07. The summed E-state index contributed by atoms with van der Waals surface area (Å²) in [6.45, 7) is 3.81. The zero-order chi connectivity index (χ0) is 17.5. The van der Waals surface area contributed by atoms with Crippen LogP contribution in [0.2, 0.25) is 0 Å². The summed E-state index contributed by atoms with van der Waals surface area (Å²) in [5.74, 6) is 2.44. The predicted octanol–water partition coefficient (Wildman–Crippen LogP) is 4.01. The zero-order valence-electron chi connectivity index (χ0n) is 14.8. The van der Waals surface area contributed by atoms with E-state index in [0.29, 0.717) is 12.7 Å². The van der Waals surface area contributed by atoms with Crippen molar-refractivity contribution in [2.24, 2.45) is 0 Å². The third kappa shape index (κ3) is 5.57. The van der Waals surface area contributed by atoms with E-state index < -0.39 is 0 Å². The van der Waals surface area contributed by atoms with Crippen molar-refractivity contribution in [3.8, 4) is 17.2 Å². The van der Waals surface area contributed by atoms with E-state index in [9.17, 15) is 0 Å². The fraction of sp³-hybridized carbons (Fsp3) is 0.400. The highest BCUT2D eigenvalue weighted by Gasteiger charge is 2.21. The fourth-order valence-electron chi connectivity index (χ4n) is 2.48. The Kier molecular flexibility index (Phi) is 6.01. The van der Waals surface area contributed by atoms with Crippen molar-refractivity contribution in [2.75, 3.05) is 32.4 Å². The largest absolute Gasteiger partial charge is 0.493 e. The molecule has 25 heavy (non-hydrogen) atoms. The Balaban J connectivity index is 1.41. The molecule has 1 unspecified atom stereocenters. The third-order valence-corrected chi connectivity index (χ3v) is 4.07. The third-order valence-electron chi connectivity index (χ3n) is 4.07. The standard InChI is InChI=1S/C20H25NO4/c1-15-12-18(9-10-20(15)22-11-3-4-19-13-23-19)25-14-24-17-7-5-16(21-2)6-8-17/h5-10,12,19,21H,3-4,11,13-14H2,1-2H3. The average molecular weight is 343 g/mol. The van der Waals surface area contributed by atoms with Gasteiger partial charge in [-0.2, -0.15) is 0 Å². The topological polar surface area (TPSA) is 52.2 Å². The number of hydrogen-bond donors (Lipinski definition) is 1. The number of ether oxygens (including phenoxy) is 4. The van der Waals surface area contributed by atoms with Crippen LogP contribution in [0.4, 0.5) is 5.69 Å². The van der Waals surface area contributed by atoms with Crippen LogP contribution in [0.5, 0.6) is 17.2 Å². The summed E-state index contributed by atoms with van der Waals surface area (Å²) in [6.07, 6.45) is 2.56. The minimum atomic E-state index is 0.167. The van der Waals surface area contributed by atoms with E-state index in [4.69, 9.17) is 18.9 Å². The van der Waals surface area contributed by atoms with E-state index in [-0.39, 0.29) is 6.79 Å². The molecule has 1 atom stereocenters. The molecule has 3 rings (SSSR count). The van der Waals surface area contributed by atoms with Crippen molar-refractivity contribution < 1.29 is 18.9 Å². The number of aryl methyl sites for hydroxylation is 1. The number of nitrogens with one attached hydrogen (secondary N) is 1. The molecule has 0 bridgehead atoms. The minimum Gasteiger partial charge on any atom is -0.493 e. The normalized spacial score (nSPS) is 15.5. The molecule has 1 saturated heterocycles. The van der Waals surface area contributed by atoms with Gasteiger partial charge >= 0.3 is 0 Å². The van der Waals surface area contributed by atoms with Crippen molar-refractivity contribution in [1.29, 1.82) is 0 Å². The van der Waals surface area contributed by atoms with Crippen LogP contribution in [0.25, 0.3) is 0 Å². The van der Waals surface area contributed by atoms with Gasteiger partial charge in [-0.05, 0) is 67.8 Å². The highest BCUT2D eigenvalue weighted by molar-refractivity contribution is 5.45. The molecule has 5 heteroatoms. The van der Waals surface area contributed by atoms with Crippen molar-refractivity contribution in [1.82, 2.24) is 0 Å². The molecule has 0 radical (unpaired) electrons. The number of rotatable bonds is 10. The van der Waals surface area contributed by atoms with Gasteiger partial charge in [0.05, 0.1) is 19.3 Å². The first-order chi connectivity index (χ1) is 12.2. The van der Waals surface area contributed by atoms with Crippen LogP contribution in [-0.4, -0.2) is 33.2 Å². The van der Waals surface area contributed by atoms with Gasteiger partial charge in [-0.3, -0.25) is 0 Å². The second-order valence-corrected chi connectivity index (χ2v) is 6.05. The Morgan fingerprint density at radius 2 is 1.76 bits per heavy atom. The van der Waals surface area contributed by atoms with E-state index in [2.05, 4.69) is 5.32 Å². The van der Waals surface area contributed by atoms with Gasteiger partial charge in [-0.15, -0.1) is 0 Å². The Morgan fingerprint density at radius 1 is 1.04 bits per heavy atom. The minimum absolute atomic E-state index is 0.167. The molecule has 1 N–H and O–H groups in total. The molecule has 1 aliphatic heterocycles. The van der Waals surface area contributed by atoms with Gasteiger partial charge in [-0.25, -0.2) is 0 Å². The maximum Gasteiger partial charge on any atom is 0.230 e. The highest BCUT2D eigenvalue weighted by atomic mass is 16.7. The quantitative estimate of drug-likeness (QED) is 0.401. The van der Waals surface area contributed by atoms with Gasteiger partial charge in [0.1, 0.15) is 17.2 Å².